The zero-order valence-corrected chi connectivity index (χ0v) is 15.7. The molecule has 0 radical (unpaired) electrons. The summed E-state index contributed by atoms with van der Waals surface area (Å²) in [5, 5.41) is 6.49. The van der Waals surface area contributed by atoms with Crippen LogP contribution in [0.15, 0.2) is 26.5 Å². The lowest BCUT2D eigenvalue weighted by molar-refractivity contribution is -0.119. The van der Waals surface area contributed by atoms with Crippen molar-refractivity contribution in [3.05, 3.63) is 39.0 Å². The molecule has 0 aliphatic heterocycles. The highest BCUT2D eigenvalue weighted by atomic mass is 16.5. The van der Waals surface area contributed by atoms with Crippen LogP contribution in [0.2, 0.25) is 0 Å². The lowest BCUT2D eigenvalue weighted by Gasteiger charge is -2.18. The third-order valence-corrected chi connectivity index (χ3v) is 4.52. The van der Waals surface area contributed by atoms with Crippen molar-refractivity contribution in [3.8, 4) is 0 Å². The molecule has 0 spiro atoms. The Bertz CT molecular complexity index is 1100. The van der Waals surface area contributed by atoms with Crippen molar-refractivity contribution in [1.29, 1.82) is 0 Å². The van der Waals surface area contributed by atoms with E-state index in [0.717, 1.165) is 17.4 Å². The van der Waals surface area contributed by atoms with Gasteiger partial charge in [-0.2, -0.15) is 0 Å². The number of anilines is 1. The third-order valence-electron chi connectivity index (χ3n) is 4.52. The van der Waals surface area contributed by atoms with Gasteiger partial charge in [0.25, 0.3) is 5.56 Å². The zero-order valence-electron chi connectivity index (χ0n) is 15.7. The van der Waals surface area contributed by atoms with Gasteiger partial charge in [-0.1, -0.05) is 24.9 Å². The van der Waals surface area contributed by atoms with Crippen LogP contribution >= 0.6 is 0 Å². The molecule has 0 aliphatic rings. The molecule has 0 saturated carbocycles. The highest BCUT2D eigenvalue weighted by molar-refractivity contribution is 5.93. The molecular formula is C17H22N6O4. The van der Waals surface area contributed by atoms with Crippen LogP contribution in [0, 0.1) is 6.92 Å². The maximum Gasteiger partial charge on any atom is 0.332 e. The standard InChI is InChI=1S/C17H22N6O4/c1-5-6-7-11(15(24)19-12-8-10(2)27-20-12)23-9-18-14-13(23)16(25)22(4)17(26)21(14)3/h8-9,11H,5-7H2,1-4H3,(H,19,20,24)/t11-/m1/s1. The fourth-order valence-electron chi connectivity index (χ4n) is 3.03. The molecular weight excluding hydrogens is 352 g/mol. The van der Waals surface area contributed by atoms with Gasteiger partial charge in [-0.25, -0.2) is 9.78 Å². The molecule has 1 N–H and O–H groups in total. The molecule has 1 amide bonds. The summed E-state index contributed by atoms with van der Waals surface area (Å²) in [5.41, 5.74) is -0.496. The number of nitrogens with zero attached hydrogens (tertiary/aromatic N) is 5. The molecule has 144 valence electrons. The first kappa shape index (κ1) is 18.6. The van der Waals surface area contributed by atoms with Crippen molar-refractivity contribution < 1.29 is 9.32 Å². The van der Waals surface area contributed by atoms with Crippen molar-refractivity contribution >= 4 is 22.9 Å². The summed E-state index contributed by atoms with van der Waals surface area (Å²) in [6.45, 7) is 3.75. The van der Waals surface area contributed by atoms with Crippen LogP contribution in [0.5, 0.6) is 0 Å². The summed E-state index contributed by atoms with van der Waals surface area (Å²) < 4.78 is 8.82. The third kappa shape index (κ3) is 3.29. The van der Waals surface area contributed by atoms with Crippen molar-refractivity contribution in [2.45, 2.75) is 39.2 Å². The number of aryl methyl sites for hydroxylation is 2. The smallest absolute Gasteiger partial charge is 0.332 e. The molecule has 3 aromatic rings. The molecule has 0 unspecified atom stereocenters. The van der Waals surface area contributed by atoms with Crippen LogP contribution < -0.4 is 16.6 Å². The van der Waals surface area contributed by atoms with Gasteiger partial charge >= 0.3 is 5.69 Å². The molecule has 0 aromatic carbocycles. The number of rotatable bonds is 6. The van der Waals surface area contributed by atoms with E-state index in [2.05, 4.69) is 15.5 Å². The van der Waals surface area contributed by atoms with Gasteiger partial charge in [-0.3, -0.25) is 18.7 Å². The summed E-state index contributed by atoms with van der Waals surface area (Å²) in [5.74, 6) is 0.558. The van der Waals surface area contributed by atoms with Gasteiger partial charge in [0.2, 0.25) is 5.91 Å². The summed E-state index contributed by atoms with van der Waals surface area (Å²) in [7, 11) is 2.95. The van der Waals surface area contributed by atoms with E-state index in [0.29, 0.717) is 18.0 Å². The molecule has 0 fully saturated rings. The van der Waals surface area contributed by atoms with Crippen LogP contribution in [-0.4, -0.2) is 29.7 Å². The Hall–Kier alpha value is -3.17. The molecule has 0 aliphatic carbocycles. The maximum atomic E-state index is 12.9. The normalized spacial score (nSPS) is 12.4. The Labute approximate surface area is 154 Å². The molecule has 10 heteroatoms. The van der Waals surface area contributed by atoms with Crippen LogP contribution in [-0.2, 0) is 18.9 Å². The summed E-state index contributed by atoms with van der Waals surface area (Å²) >= 11 is 0. The number of carbonyl (C=O) groups excluding carboxylic acids is 1. The fraction of sp³-hybridized carbons (Fsp3) is 0.471. The largest absolute Gasteiger partial charge is 0.360 e. The molecule has 27 heavy (non-hydrogen) atoms. The van der Waals surface area contributed by atoms with E-state index >= 15 is 0 Å². The lowest BCUT2D eigenvalue weighted by atomic mass is 10.1. The number of hydrogen-bond acceptors (Lipinski definition) is 6. The topological polar surface area (TPSA) is 117 Å². The highest BCUT2D eigenvalue weighted by Gasteiger charge is 2.25. The van der Waals surface area contributed by atoms with Crippen LogP contribution in [0.3, 0.4) is 0 Å². The number of amides is 1. The predicted octanol–water partition coefficient (Wildman–Crippen LogP) is 1.10. The van der Waals surface area contributed by atoms with Gasteiger partial charge in [0, 0.05) is 20.2 Å². The van der Waals surface area contributed by atoms with E-state index in [1.807, 2.05) is 6.92 Å². The van der Waals surface area contributed by atoms with Gasteiger partial charge in [0.1, 0.15) is 11.8 Å². The Morgan fingerprint density at radius 3 is 2.67 bits per heavy atom. The Morgan fingerprint density at radius 1 is 1.30 bits per heavy atom. The highest BCUT2D eigenvalue weighted by Crippen LogP contribution is 2.21. The Kier molecular flexibility index (Phi) is 4.98. The SMILES string of the molecule is CCCC[C@H](C(=O)Nc1cc(C)on1)n1cnc2c1c(=O)n(C)c(=O)n2C. The van der Waals surface area contributed by atoms with E-state index in [4.69, 9.17) is 4.52 Å². The average Bonchev–Trinajstić information content (AvgIpc) is 3.25. The Balaban J connectivity index is 2.09. The first-order valence-electron chi connectivity index (χ1n) is 8.71. The second-order valence-electron chi connectivity index (χ2n) is 6.50. The molecule has 3 aromatic heterocycles. The summed E-state index contributed by atoms with van der Waals surface area (Å²) in [6.07, 6.45) is 3.60. The van der Waals surface area contributed by atoms with E-state index in [-0.39, 0.29) is 17.1 Å². The first-order valence-corrected chi connectivity index (χ1v) is 8.71. The number of unbranched alkanes of at least 4 members (excludes halogenated alkanes) is 1. The minimum atomic E-state index is -0.669. The number of imidazole rings is 1. The average molecular weight is 374 g/mol. The Morgan fingerprint density at radius 2 is 2.04 bits per heavy atom. The predicted molar refractivity (Wildman–Crippen MR) is 98.6 cm³/mol. The van der Waals surface area contributed by atoms with Gasteiger partial charge < -0.3 is 14.4 Å². The summed E-state index contributed by atoms with van der Waals surface area (Å²) in [4.78, 5) is 41.9. The number of fused-ring (bicyclic) bond motifs is 1. The second-order valence-corrected chi connectivity index (χ2v) is 6.50. The van der Waals surface area contributed by atoms with E-state index in [1.165, 1.54) is 22.5 Å². The van der Waals surface area contributed by atoms with Crippen LogP contribution in [0.25, 0.3) is 11.2 Å². The van der Waals surface area contributed by atoms with Gasteiger partial charge in [0.05, 0.1) is 6.33 Å². The molecule has 3 heterocycles. The quantitative estimate of drug-likeness (QED) is 0.690. The van der Waals surface area contributed by atoms with E-state index in [1.54, 1.807) is 20.0 Å². The summed E-state index contributed by atoms with van der Waals surface area (Å²) in [6, 6.07) is 0.945. The minimum Gasteiger partial charge on any atom is -0.360 e. The molecule has 10 nitrogen and oxygen atoms in total. The van der Waals surface area contributed by atoms with Gasteiger partial charge in [0.15, 0.2) is 17.0 Å². The fourth-order valence-corrected chi connectivity index (χ4v) is 3.03. The van der Waals surface area contributed by atoms with Crippen molar-refractivity contribution in [2.24, 2.45) is 14.1 Å². The van der Waals surface area contributed by atoms with Gasteiger partial charge in [-0.05, 0) is 13.3 Å². The number of nitrogens with one attached hydrogen (secondary N) is 1. The number of hydrogen-bond donors (Lipinski definition) is 1. The number of carbonyl (C=O) groups is 1. The molecule has 0 bridgehead atoms. The van der Waals surface area contributed by atoms with E-state index < -0.39 is 17.3 Å². The van der Waals surface area contributed by atoms with Crippen molar-refractivity contribution in [3.63, 3.8) is 0 Å². The van der Waals surface area contributed by atoms with E-state index in [9.17, 15) is 14.4 Å². The second kappa shape index (κ2) is 7.22. The minimum absolute atomic E-state index is 0.215. The molecule has 3 rings (SSSR count). The van der Waals surface area contributed by atoms with Crippen LogP contribution in [0.1, 0.15) is 38.0 Å². The number of aromatic nitrogens is 5. The maximum absolute atomic E-state index is 12.9. The molecule has 1 atom stereocenters. The van der Waals surface area contributed by atoms with Gasteiger partial charge in [-0.15, -0.1) is 0 Å². The first-order chi connectivity index (χ1) is 12.8. The van der Waals surface area contributed by atoms with Crippen molar-refractivity contribution in [1.82, 2.24) is 23.8 Å². The molecule has 0 saturated heterocycles. The zero-order chi connectivity index (χ0) is 19.7. The van der Waals surface area contributed by atoms with Crippen LogP contribution in [0.4, 0.5) is 5.82 Å². The monoisotopic (exact) mass is 374 g/mol. The van der Waals surface area contributed by atoms with Crippen molar-refractivity contribution in [2.75, 3.05) is 5.32 Å². The lowest BCUT2D eigenvalue weighted by Crippen LogP contribution is -2.38.